The summed E-state index contributed by atoms with van der Waals surface area (Å²) in [7, 11) is 3.55. The largest absolute Gasteiger partial charge is 0.371 e. The zero-order chi connectivity index (χ0) is 49.8. The maximum Gasteiger partial charge on any atom is 0.270 e. The molecule has 3 aromatic heterocycles. The average Bonchev–Trinajstić information content (AvgIpc) is 4.02. The molecule has 6 heterocycles. The van der Waals surface area contributed by atoms with Crippen molar-refractivity contribution in [3.05, 3.63) is 84.8 Å². The minimum Gasteiger partial charge on any atom is -0.371 e. The van der Waals surface area contributed by atoms with Crippen molar-refractivity contribution < 1.29 is 28.8 Å². The number of aromatic nitrogens is 4. The summed E-state index contributed by atoms with van der Waals surface area (Å²) < 4.78 is 2.10. The van der Waals surface area contributed by atoms with Crippen molar-refractivity contribution in [2.75, 3.05) is 50.5 Å². The van der Waals surface area contributed by atoms with Crippen molar-refractivity contribution in [3.63, 3.8) is 0 Å². The van der Waals surface area contributed by atoms with Gasteiger partial charge >= 0.3 is 0 Å². The molecule has 4 fully saturated rings. The highest BCUT2D eigenvalue weighted by Gasteiger charge is 2.39. The van der Waals surface area contributed by atoms with Gasteiger partial charge in [-0.25, -0.2) is 9.97 Å². The van der Waals surface area contributed by atoms with E-state index in [1.807, 2.05) is 43.9 Å². The van der Waals surface area contributed by atoms with Gasteiger partial charge in [-0.3, -0.25) is 39.4 Å². The predicted octanol–water partition coefficient (Wildman–Crippen LogP) is 8.64. The number of likely N-dealkylation sites (tertiary alicyclic amines) is 1. The molecule has 16 nitrogen and oxygen atoms in total. The minimum atomic E-state index is -0.210. The molecule has 1 aliphatic carbocycles. The molecule has 4 aromatic rings. The molecule has 1 spiro atoms. The van der Waals surface area contributed by atoms with Crippen LogP contribution >= 0.6 is 0 Å². The van der Waals surface area contributed by atoms with Crippen LogP contribution in [-0.4, -0.2) is 105 Å². The Labute approximate surface area is 402 Å². The summed E-state index contributed by atoms with van der Waals surface area (Å²) in [5, 5.41) is 8.50. The monoisotopic (exact) mass is 935 g/mol. The van der Waals surface area contributed by atoms with Gasteiger partial charge < -0.3 is 24.6 Å². The van der Waals surface area contributed by atoms with Gasteiger partial charge in [0.2, 0.25) is 29.6 Å². The molecule has 3 aliphatic heterocycles. The van der Waals surface area contributed by atoms with Crippen LogP contribution in [0.2, 0.25) is 0 Å². The maximum atomic E-state index is 13.4. The number of rotatable bonds is 8. The Bertz CT molecular complexity index is 2270. The lowest BCUT2D eigenvalue weighted by atomic mass is 9.71. The van der Waals surface area contributed by atoms with Crippen LogP contribution in [0, 0.1) is 11.3 Å². The van der Waals surface area contributed by atoms with E-state index in [9.17, 15) is 28.8 Å². The van der Waals surface area contributed by atoms with Crippen LogP contribution < -0.4 is 20.9 Å². The van der Waals surface area contributed by atoms with Gasteiger partial charge in [0, 0.05) is 95.0 Å². The Balaban J connectivity index is 0.000000362. The Kier molecular flexibility index (Phi) is 21.3. The highest BCUT2D eigenvalue weighted by Crippen LogP contribution is 2.42. The van der Waals surface area contributed by atoms with Crippen molar-refractivity contribution in [1.82, 2.24) is 40.0 Å². The molecule has 0 radical (unpaired) electrons. The van der Waals surface area contributed by atoms with E-state index in [2.05, 4.69) is 72.3 Å². The highest BCUT2D eigenvalue weighted by molar-refractivity contribution is 5.98. The molecule has 8 rings (SSSR count). The number of pyridine rings is 1. The second-order valence-electron chi connectivity index (χ2n) is 17.8. The number of nitrogens with zero attached hydrogens (tertiary/aromatic N) is 7. The molecule has 16 heteroatoms. The van der Waals surface area contributed by atoms with E-state index in [4.69, 9.17) is 4.98 Å². The molecule has 0 unspecified atom stereocenters. The lowest BCUT2D eigenvalue weighted by Crippen LogP contribution is -2.48. The Morgan fingerprint density at radius 1 is 0.882 bits per heavy atom. The number of nitrogens with one attached hydrogen (secondary N) is 3. The number of carbonyl (C=O) groups excluding carboxylic acids is 6. The molecule has 1 aromatic carbocycles. The molecular weight excluding hydrogens is 861 g/mol. The van der Waals surface area contributed by atoms with E-state index in [1.165, 1.54) is 18.5 Å². The van der Waals surface area contributed by atoms with Crippen LogP contribution in [0.1, 0.15) is 145 Å². The zero-order valence-electron chi connectivity index (χ0n) is 41.6. The summed E-state index contributed by atoms with van der Waals surface area (Å²) in [6.07, 6.45) is 16.1. The van der Waals surface area contributed by atoms with Crippen LogP contribution in [0.15, 0.2) is 73.6 Å². The lowest BCUT2D eigenvalue weighted by Gasteiger charge is -2.47. The molecule has 0 atom stereocenters. The van der Waals surface area contributed by atoms with Crippen molar-refractivity contribution in [2.45, 2.75) is 125 Å². The number of hydrogen-bond donors (Lipinski definition) is 3. The van der Waals surface area contributed by atoms with Gasteiger partial charge in [-0.05, 0) is 87.6 Å². The minimum absolute atomic E-state index is 0.0337. The molecule has 68 heavy (non-hydrogen) atoms. The fourth-order valence-corrected chi connectivity index (χ4v) is 8.51. The Hall–Kier alpha value is -6.45. The van der Waals surface area contributed by atoms with E-state index >= 15 is 0 Å². The quantitative estimate of drug-likeness (QED) is 0.113. The number of imide groups is 2. The van der Waals surface area contributed by atoms with Crippen LogP contribution in [0.25, 0.3) is 11.0 Å². The third-order valence-corrected chi connectivity index (χ3v) is 12.4. The third kappa shape index (κ3) is 15.3. The molecule has 368 valence electrons. The van der Waals surface area contributed by atoms with E-state index in [0.29, 0.717) is 54.1 Å². The summed E-state index contributed by atoms with van der Waals surface area (Å²) in [4.78, 5) is 88.4. The first-order valence-electron chi connectivity index (χ1n) is 24.3. The number of allylic oxidation sites excluding steroid dienone is 1. The van der Waals surface area contributed by atoms with Gasteiger partial charge in [-0.2, -0.15) is 4.98 Å². The summed E-state index contributed by atoms with van der Waals surface area (Å²) in [5.41, 5.74) is 3.64. The molecular formula is C52H74N10O6. The second kappa shape index (κ2) is 26.8. The Morgan fingerprint density at radius 2 is 1.49 bits per heavy atom. The number of fused-ring (bicyclic) bond motifs is 1. The first-order chi connectivity index (χ1) is 32.7. The summed E-state index contributed by atoms with van der Waals surface area (Å²) in [5.74, 6) is 0.181. The Morgan fingerprint density at radius 3 is 2.00 bits per heavy atom. The van der Waals surface area contributed by atoms with Gasteiger partial charge in [0.15, 0.2) is 0 Å². The standard InChI is InChI=1S/C35H42N8O2.C7H13NO2.C5H7NO2.C3H6.C2H6/c1-40(2)33(45)29-22-26-24-37-34(39-31(26)43(29)28-10-6-7-11-28)38-30-13-12-25(23-36-30)32(44)42-20-16-35(17-21-42)14-18-41(19-15-35)27-8-4-3-5-9-27;1-4-6(9)8-7(10)5(2)3;7-4-2-1-3-5(8)6-4;1-3-2;1-2/h3-5,8-9,12-13,22-24,28H,6-7,10-11,14-21H2,1-2H3,(H,36,37,38,39);5H,4H2,1-3H3,(H,8,9,10);1-3H2,(H,6,7,8);3H,1H2,2H3;1-2H3. The SMILES string of the molecule is C=CC.CC.CCC(=O)NC(=O)C(C)C.CN(C)C(=O)c1cc2cnc(Nc3ccc(C(=O)N4CCC5(CC4)CCN(c4ccccc4)CC5)cn3)nc2n1C1CCCC1.O=C1CCCC(=O)N1. The second-order valence-corrected chi connectivity index (χ2v) is 17.8. The predicted molar refractivity (Wildman–Crippen MR) is 269 cm³/mol. The fraction of sp³-hybridized carbons (Fsp3) is 0.519. The number of benzene rings is 1. The smallest absolute Gasteiger partial charge is 0.270 e. The van der Waals surface area contributed by atoms with E-state index in [1.54, 1.807) is 58.2 Å². The van der Waals surface area contributed by atoms with Gasteiger partial charge in [0.25, 0.3) is 11.8 Å². The first kappa shape index (κ1) is 54.2. The van der Waals surface area contributed by atoms with Crippen LogP contribution in [0.3, 0.4) is 0 Å². The van der Waals surface area contributed by atoms with E-state index in [0.717, 1.165) is 75.7 Å². The molecule has 3 N–H and O–H groups in total. The topological polar surface area (TPSA) is 192 Å². The van der Waals surface area contributed by atoms with Crippen molar-refractivity contribution in [1.29, 1.82) is 0 Å². The summed E-state index contributed by atoms with van der Waals surface area (Å²) >= 11 is 0. The number of anilines is 3. The highest BCUT2D eigenvalue weighted by atomic mass is 16.2. The number of carbonyl (C=O) groups is 6. The number of amides is 6. The number of piperidine rings is 3. The van der Waals surface area contributed by atoms with E-state index in [-0.39, 0.29) is 47.4 Å². The van der Waals surface area contributed by atoms with Gasteiger partial charge in [0.05, 0.1) is 5.56 Å². The first-order valence-corrected chi connectivity index (χ1v) is 24.3. The van der Waals surface area contributed by atoms with Gasteiger partial charge in [0.1, 0.15) is 17.2 Å². The van der Waals surface area contributed by atoms with Crippen molar-refractivity contribution in [3.8, 4) is 0 Å². The zero-order valence-corrected chi connectivity index (χ0v) is 41.6. The number of hydrogen-bond acceptors (Lipinski definition) is 11. The van der Waals surface area contributed by atoms with Crippen LogP contribution in [0.4, 0.5) is 17.5 Å². The average molecular weight is 935 g/mol. The molecule has 0 bridgehead atoms. The normalized spacial score (nSPS) is 16.3. The maximum absolute atomic E-state index is 13.4. The van der Waals surface area contributed by atoms with Crippen molar-refractivity contribution >= 4 is 63.9 Å². The third-order valence-electron chi connectivity index (χ3n) is 12.4. The van der Waals surface area contributed by atoms with Crippen molar-refractivity contribution in [2.24, 2.45) is 11.3 Å². The molecule has 4 aliphatic rings. The number of para-hydroxylation sites is 1. The molecule has 1 saturated carbocycles. The van der Waals surface area contributed by atoms with Crippen LogP contribution in [-0.2, 0) is 19.2 Å². The van der Waals surface area contributed by atoms with Gasteiger partial charge in [-0.1, -0.05) is 71.7 Å². The summed E-state index contributed by atoms with van der Waals surface area (Å²) in [6, 6.07) is 16.5. The van der Waals surface area contributed by atoms with E-state index < -0.39 is 0 Å². The van der Waals surface area contributed by atoms with Crippen LogP contribution in [0.5, 0.6) is 0 Å². The molecule has 3 saturated heterocycles. The summed E-state index contributed by atoms with van der Waals surface area (Å²) in [6.45, 7) is 18.2. The molecule has 6 amide bonds. The fourth-order valence-electron chi connectivity index (χ4n) is 8.51. The van der Waals surface area contributed by atoms with Gasteiger partial charge in [-0.15, -0.1) is 6.58 Å². The lowest BCUT2D eigenvalue weighted by molar-refractivity contribution is -0.134.